The van der Waals surface area contributed by atoms with Crippen LogP contribution in [-0.4, -0.2) is 39.6 Å². The number of phenolic OH excluding ortho intramolecular Hbond substituents is 1. The molecule has 0 aliphatic carbocycles. The number of aromatic nitrogens is 3. The molecule has 0 fully saturated rings. The third-order valence-corrected chi connectivity index (χ3v) is 5.52. The van der Waals surface area contributed by atoms with E-state index >= 15 is 0 Å². The minimum absolute atomic E-state index is 0.0571. The number of carbonyl (C=O) groups is 1. The van der Waals surface area contributed by atoms with Crippen molar-refractivity contribution in [3.05, 3.63) is 95.5 Å². The summed E-state index contributed by atoms with van der Waals surface area (Å²) in [6.07, 6.45) is 6.95. The molecule has 9 heteroatoms. The molecule has 1 unspecified atom stereocenters. The molecule has 0 saturated carbocycles. The summed E-state index contributed by atoms with van der Waals surface area (Å²) in [4.78, 5) is 25.6. The third kappa shape index (κ3) is 6.32. The molecule has 2 aromatic heterocycles. The van der Waals surface area contributed by atoms with Crippen LogP contribution in [0.1, 0.15) is 28.4 Å². The number of hydrogen-bond acceptors (Lipinski definition) is 7. The Balaban J connectivity index is 1.43. The summed E-state index contributed by atoms with van der Waals surface area (Å²) in [5, 5.41) is 16.5. The van der Waals surface area contributed by atoms with Gasteiger partial charge in [0, 0.05) is 42.3 Å². The summed E-state index contributed by atoms with van der Waals surface area (Å²) < 4.78 is 5.65. The van der Waals surface area contributed by atoms with Crippen LogP contribution < -0.4 is 10.6 Å². The third-order valence-electron chi connectivity index (χ3n) is 5.28. The molecular formula is C26H24ClN5O3. The van der Waals surface area contributed by atoms with E-state index in [1.165, 1.54) is 6.07 Å². The fourth-order valence-electron chi connectivity index (χ4n) is 3.55. The van der Waals surface area contributed by atoms with E-state index in [9.17, 15) is 9.90 Å². The van der Waals surface area contributed by atoms with Crippen molar-refractivity contribution in [2.24, 2.45) is 0 Å². The number of ether oxygens (including phenoxy) is 1. The predicted octanol–water partition coefficient (Wildman–Crippen LogP) is 5.15. The Morgan fingerprint density at radius 1 is 1.06 bits per heavy atom. The fraction of sp³-hybridized carbons (Fsp3) is 0.154. The molecule has 178 valence electrons. The van der Waals surface area contributed by atoms with Crippen LogP contribution in [-0.2, 0) is 4.74 Å². The van der Waals surface area contributed by atoms with Crippen molar-refractivity contribution in [1.29, 1.82) is 0 Å². The largest absolute Gasteiger partial charge is 0.507 e. The van der Waals surface area contributed by atoms with E-state index in [4.69, 9.17) is 16.3 Å². The normalized spacial score (nSPS) is 11.6. The standard InChI is InChI=1S/C26H24ClN5O3/c1-35-24(9-10-30-26(34)21-7-2-3-8-23(21)33)18-11-17(13-28-14-18)22-15-29-16-25(32-22)31-20-6-4-5-19(27)12-20/h2-8,11-16,24,33H,9-10H2,1H3,(H,30,34)(H,31,32). The lowest BCUT2D eigenvalue weighted by Crippen LogP contribution is -2.26. The van der Waals surface area contributed by atoms with Gasteiger partial charge in [0.15, 0.2) is 0 Å². The van der Waals surface area contributed by atoms with Gasteiger partial charge in [0.05, 0.1) is 29.8 Å². The van der Waals surface area contributed by atoms with Crippen LogP contribution in [0.3, 0.4) is 0 Å². The molecule has 2 heterocycles. The Kier molecular flexibility index (Phi) is 7.87. The first-order valence-corrected chi connectivity index (χ1v) is 11.3. The smallest absolute Gasteiger partial charge is 0.255 e. The van der Waals surface area contributed by atoms with Crippen molar-refractivity contribution in [2.45, 2.75) is 12.5 Å². The molecule has 0 spiro atoms. The zero-order valence-electron chi connectivity index (χ0n) is 19.0. The second kappa shape index (κ2) is 11.4. The fourth-order valence-corrected chi connectivity index (χ4v) is 3.74. The molecule has 0 aliphatic rings. The molecule has 0 aliphatic heterocycles. The molecule has 0 saturated heterocycles. The molecule has 0 bridgehead atoms. The number of rotatable bonds is 9. The number of para-hydroxylation sites is 1. The first kappa shape index (κ1) is 24.1. The van der Waals surface area contributed by atoms with E-state index < -0.39 is 0 Å². The number of methoxy groups -OCH3 is 1. The highest BCUT2D eigenvalue weighted by molar-refractivity contribution is 6.30. The lowest BCUT2D eigenvalue weighted by Gasteiger charge is -2.17. The zero-order chi connectivity index (χ0) is 24.6. The average Bonchev–Trinajstić information content (AvgIpc) is 2.87. The van der Waals surface area contributed by atoms with Crippen LogP contribution in [0, 0.1) is 0 Å². The van der Waals surface area contributed by atoms with Crippen LogP contribution in [0.2, 0.25) is 5.02 Å². The van der Waals surface area contributed by atoms with Crippen LogP contribution >= 0.6 is 11.6 Å². The van der Waals surface area contributed by atoms with Gasteiger partial charge in [-0.05, 0) is 48.4 Å². The van der Waals surface area contributed by atoms with Gasteiger partial charge in [-0.2, -0.15) is 0 Å². The Bertz CT molecular complexity index is 1320. The molecule has 4 rings (SSSR count). The van der Waals surface area contributed by atoms with E-state index in [1.807, 2.05) is 18.2 Å². The van der Waals surface area contributed by atoms with Gasteiger partial charge in [-0.25, -0.2) is 4.98 Å². The highest BCUT2D eigenvalue weighted by atomic mass is 35.5. The van der Waals surface area contributed by atoms with Gasteiger partial charge >= 0.3 is 0 Å². The van der Waals surface area contributed by atoms with Gasteiger partial charge in [0.25, 0.3) is 5.91 Å². The summed E-state index contributed by atoms with van der Waals surface area (Å²) >= 11 is 6.06. The molecule has 3 N–H and O–H groups in total. The van der Waals surface area contributed by atoms with Gasteiger partial charge in [0.2, 0.25) is 0 Å². The van der Waals surface area contributed by atoms with Crippen LogP contribution in [0.15, 0.2) is 79.4 Å². The summed E-state index contributed by atoms with van der Waals surface area (Å²) in [6, 6.07) is 15.7. The van der Waals surface area contributed by atoms with Gasteiger partial charge in [-0.3, -0.25) is 14.8 Å². The van der Waals surface area contributed by atoms with Crippen molar-refractivity contribution in [3.63, 3.8) is 0 Å². The van der Waals surface area contributed by atoms with E-state index in [1.54, 1.807) is 62.2 Å². The monoisotopic (exact) mass is 489 g/mol. The number of carbonyl (C=O) groups excluding carboxylic acids is 1. The molecule has 8 nitrogen and oxygen atoms in total. The minimum Gasteiger partial charge on any atom is -0.507 e. The van der Waals surface area contributed by atoms with Crippen LogP contribution in [0.25, 0.3) is 11.3 Å². The number of amides is 1. The topological polar surface area (TPSA) is 109 Å². The van der Waals surface area contributed by atoms with Crippen molar-refractivity contribution < 1.29 is 14.6 Å². The molecule has 0 radical (unpaired) electrons. The lowest BCUT2D eigenvalue weighted by molar-refractivity contribution is 0.0870. The SMILES string of the molecule is COC(CCNC(=O)c1ccccc1O)c1cncc(-c2cncc(Nc3cccc(Cl)c3)n2)c1. The summed E-state index contributed by atoms with van der Waals surface area (Å²) in [5.41, 5.74) is 3.31. The Hall–Kier alpha value is -4.01. The molecular weight excluding hydrogens is 466 g/mol. The van der Waals surface area contributed by atoms with E-state index in [2.05, 4.69) is 25.6 Å². The summed E-state index contributed by atoms with van der Waals surface area (Å²) in [5.74, 6) is 0.174. The van der Waals surface area contributed by atoms with E-state index in [-0.39, 0.29) is 23.3 Å². The van der Waals surface area contributed by atoms with E-state index in [0.29, 0.717) is 29.5 Å². The van der Waals surface area contributed by atoms with Gasteiger partial charge in [-0.1, -0.05) is 29.8 Å². The number of benzene rings is 2. The molecule has 35 heavy (non-hydrogen) atoms. The number of nitrogens with zero attached hydrogens (tertiary/aromatic N) is 3. The second-order valence-corrected chi connectivity index (χ2v) is 8.15. The number of pyridine rings is 1. The first-order valence-electron chi connectivity index (χ1n) is 10.9. The van der Waals surface area contributed by atoms with Crippen LogP contribution in [0.5, 0.6) is 5.75 Å². The first-order chi connectivity index (χ1) is 17.0. The average molecular weight is 490 g/mol. The lowest BCUT2D eigenvalue weighted by atomic mass is 10.1. The van der Waals surface area contributed by atoms with Gasteiger partial charge in [0.1, 0.15) is 11.6 Å². The number of hydrogen-bond donors (Lipinski definition) is 3. The molecule has 1 atom stereocenters. The molecule has 1 amide bonds. The number of anilines is 2. The van der Waals surface area contributed by atoms with Crippen molar-refractivity contribution in [1.82, 2.24) is 20.3 Å². The van der Waals surface area contributed by atoms with E-state index in [0.717, 1.165) is 16.8 Å². The number of phenols is 1. The van der Waals surface area contributed by atoms with Crippen molar-refractivity contribution >= 4 is 29.0 Å². The Morgan fingerprint density at radius 2 is 1.89 bits per heavy atom. The summed E-state index contributed by atoms with van der Waals surface area (Å²) in [7, 11) is 1.61. The minimum atomic E-state index is -0.343. The molecule has 4 aromatic rings. The Morgan fingerprint density at radius 3 is 2.69 bits per heavy atom. The number of halogens is 1. The van der Waals surface area contributed by atoms with Gasteiger partial charge < -0.3 is 20.5 Å². The second-order valence-electron chi connectivity index (χ2n) is 7.72. The van der Waals surface area contributed by atoms with Crippen molar-refractivity contribution in [2.75, 3.05) is 19.0 Å². The molecule has 2 aromatic carbocycles. The maximum Gasteiger partial charge on any atom is 0.255 e. The highest BCUT2D eigenvalue weighted by Crippen LogP contribution is 2.26. The maximum absolute atomic E-state index is 12.3. The number of aromatic hydroxyl groups is 1. The maximum atomic E-state index is 12.3. The van der Waals surface area contributed by atoms with Crippen LogP contribution in [0.4, 0.5) is 11.5 Å². The Labute approximate surface area is 208 Å². The van der Waals surface area contributed by atoms with Gasteiger partial charge in [-0.15, -0.1) is 0 Å². The quantitative estimate of drug-likeness (QED) is 0.298. The van der Waals surface area contributed by atoms with Crippen molar-refractivity contribution in [3.8, 4) is 17.0 Å². The summed E-state index contributed by atoms with van der Waals surface area (Å²) in [6.45, 7) is 0.356. The predicted molar refractivity (Wildman–Crippen MR) is 135 cm³/mol. The number of nitrogens with one attached hydrogen (secondary N) is 2. The zero-order valence-corrected chi connectivity index (χ0v) is 19.7. The highest BCUT2D eigenvalue weighted by Gasteiger charge is 2.15.